The van der Waals surface area contributed by atoms with E-state index >= 15 is 0 Å². The molecule has 9 heteroatoms. The van der Waals surface area contributed by atoms with Crippen molar-refractivity contribution in [3.8, 4) is 28.4 Å². The van der Waals surface area contributed by atoms with Gasteiger partial charge in [-0.15, -0.1) is 0 Å². The summed E-state index contributed by atoms with van der Waals surface area (Å²) < 4.78 is 34.1. The quantitative estimate of drug-likeness (QED) is 0.278. The van der Waals surface area contributed by atoms with Gasteiger partial charge in [0, 0.05) is 41.7 Å². The second-order valence-corrected chi connectivity index (χ2v) is 8.80. The fourth-order valence-corrected chi connectivity index (χ4v) is 4.38. The normalized spacial score (nSPS) is 11.1. The van der Waals surface area contributed by atoms with Crippen LogP contribution in [0.2, 0.25) is 0 Å². The lowest BCUT2D eigenvalue weighted by Crippen LogP contribution is -2.22. The summed E-state index contributed by atoms with van der Waals surface area (Å²) in [5.74, 6) is -1.53. The minimum Gasteiger partial charge on any atom is -0.506 e. The summed E-state index contributed by atoms with van der Waals surface area (Å²) in [5.41, 5.74) is 2.28. The van der Waals surface area contributed by atoms with Crippen molar-refractivity contribution in [3.05, 3.63) is 111 Å². The Morgan fingerprint density at radius 1 is 0.974 bits per heavy atom. The molecule has 0 bridgehead atoms. The molecule has 0 fully saturated rings. The molecule has 0 aliphatic heterocycles. The molecule has 2 aromatic carbocycles. The van der Waals surface area contributed by atoms with Crippen LogP contribution in [0.25, 0.3) is 22.2 Å². The number of Topliss-reactive ketones (excluding diaryl/α,β-unsaturated/α-hetero) is 1. The molecule has 2 N–H and O–H groups in total. The zero-order valence-electron chi connectivity index (χ0n) is 20.4. The van der Waals surface area contributed by atoms with E-state index in [1.54, 1.807) is 13.8 Å². The highest BCUT2D eigenvalue weighted by atomic mass is 19.1. The lowest BCUT2D eigenvalue weighted by molar-refractivity contribution is 0.0991. The van der Waals surface area contributed by atoms with Gasteiger partial charge in [-0.3, -0.25) is 14.6 Å². The van der Waals surface area contributed by atoms with Crippen LogP contribution in [0.15, 0.2) is 71.8 Å². The fraction of sp³-hybridized carbons (Fsp3) is 0.103. The molecule has 3 aromatic heterocycles. The molecule has 0 amide bonds. The number of carbonyl (C=O) groups excluding carboxylic acids is 1. The van der Waals surface area contributed by atoms with Gasteiger partial charge in [-0.1, -0.05) is 18.2 Å². The van der Waals surface area contributed by atoms with Crippen LogP contribution in [0.5, 0.6) is 17.2 Å². The fourth-order valence-electron chi connectivity index (χ4n) is 4.38. The molecule has 38 heavy (non-hydrogen) atoms. The van der Waals surface area contributed by atoms with Crippen molar-refractivity contribution in [3.63, 3.8) is 0 Å². The Labute approximate surface area is 215 Å². The predicted molar refractivity (Wildman–Crippen MR) is 138 cm³/mol. The number of ketones is 1. The summed E-state index contributed by atoms with van der Waals surface area (Å²) >= 11 is 0. The molecule has 5 rings (SSSR count). The first kappa shape index (κ1) is 24.8. The monoisotopic (exact) mass is 513 g/mol. The van der Waals surface area contributed by atoms with E-state index in [2.05, 4.69) is 15.0 Å². The third-order valence-electron chi connectivity index (χ3n) is 6.10. The van der Waals surface area contributed by atoms with Crippen LogP contribution in [-0.2, 0) is 6.42 Å². The highest BCUT2D eigenvalue weighted by Crippen LogP contribution is 2.31. The third-order valence-corrected chi connectivity index (χ3v) is 6.10. The number of hydrogen-bond donors (Lipinski definition) is 2. The number of H-pyrrole nitrogens is 1. The molecular weight excluding hydrogens is 492 g/mol. The maximum atomic E-state index is 15.0. The van der Waals surface area contributed by atoms with Crippen LogP contribution < -0.4 is 10.2 Å². The van der Waals surface area contributed by atoms with E-state index in [1.807, 2.05) is 0 Å². The van der Waals surface area contributed by atoms with Gasteiger partial charge in [-0.2, -0.15) is 0 Å². The van der Waals surface area contributed by atoms with Gasteiger partial charge in [0.05, 0.1) is 17.3 Å². The molecule has 7 nitrogen and oxygen atoms in total. The van der Waals surface area contributed by atoms with Crippen LogP contribution in [0, 0.1) is 25.5 Å². The molecule has 0 aliphatic rings. The standard InChI is InChI=1S/C29H21F2N3O4/c1-15-26(18-4-6-19(30)7-5-18)29(37)27(16(2)34-15)23(36)12-17-3-8-24(21(31)11-17)38-25-9-10-32-22-13-20(35)14-33-28(22)25/h3-11,13-14,35H,12H2,1-2H3,(H,34,37). The Hall–Kier alpha value is -4.92. The van der Waals surface area contributed by atoms with Crippen molar-refractivity contribution < 1.29 is 23.4 Å². The number of fused-ring (bicyclic) bond motifs is 1. The summed E-state index contributed by atoms with van der Waals surface area (Å²) in [6.07, 6.45) is 2.47. The topological polar surface area (TPSA) is 105 Å². The summed E-state index contributed by atoms with van der Waals surface area (Å²) in [7, 11) is 0. The molecule has 0 radical (unpaired) electrons. The maximum absolute atomic E-state index is 15.0. The Morgan fingerprint density at radius 3 is 2.47 bits per heavy atom. The number of hydrogen-bond acceptors (Lipinski definition) is 6. The van der Waals surface area contributed by atoms with Gasteiger partial charge in [0.1, 0.15) is 17.1 Å². The smallest absolute Gasteiger partial charge is 0.200 e. The van der Waals surface area contributed by atoms with Gasteiger partial charge in [-0.05, 0) is 49.2 Å². The van der Waals surface area contributed by atoms with E-state index in [9.17, 15) is 23.5 Å². The van der Waals surface area contributed by atoms with Crippen molar-refractivity contribution in [2.45, 2.75) is 20.3 Å². The summed E-state index contributed by atoms with van der Waals surface area (Å²) in [6.45, 7) is 3.33. The van der Waals surface area contributed by atoms with E-state index in [0.717, 1.165) is 0 Å². The average molecular weight is 514 g/mol. The van der Waals surface area contributed by atoms with Crippen LogP contribution in [0.1, 0.15) is 27.3 Å². The van der Waals surface area contributed by atoms with Crippen molar-refractivity contribution in [2.24, 2.45) is 0 Å². The number of aromatic hydroxyl groups is 1. The second-order valence-electron chi connectivity index (χ2n) is 8.80. The first-order valence-corrected chi connectivity index (χ1v) is 11.6. The van der Waals surface area contributed by atoms with Crippen molar-refractivity contribution in [1.82, 2.24) is 15.0 Å². The zero-order chi connectivity index (χ0) is 27.0. The number of aromatic nitrogens is 3. The number of carbonyl (C=O) groups is 1. The number of aryl methyl sites for hydroxylation is 2. The van der Waals surface area contributed by atoms with Crippen LogP contribution in [-0.4, -0.2) is 25.8 Å². The van der Waals surface area contributed by atoms with Gasteiger partial charge >= 0.3 is 0 Å². The van der Waals surface area contributed by atoms with Crippen molar-refractivity contribution in [2.75, 3.05) is 0 Å². The number of nitrogens with zero attached hydrogens (tertiary/aromatic N) is 2. The van der Waals surface area contributed by atoms with Gasteiger partial charge in [0.15, 0.2) is 23.1 Å². The highest BCUT2D eigenvalue weighted by Gasteiger charge is 2.21. The first-order chi connectivity index (χ1) is 18.2. The largest absolute Gasteiger partial charge is 0.506 e. The molecule has 0 saturated heterocycles. The van der Waals surface area contributed by atoms with Gasteiger partial charge in [0.2, 0.25) is 5.43 Å². The number of ether oxygens (including phenoxy) is 1. The number of aromatic amines is 1. The lowest BCUT2D eigenvalue weighted by Gasteiger charge is -2.12. The van der Waals surface area contributed by atoms with Crippen molar-refractivity contribution >= 4 is 16.8 Å². The van der Waals surface area contributed by atoms with Gasteiger partial charge < -0.3 is 14.8 Å². The average Bonchev–Trinajstić information content (AvgIpc) is 2.86. The molecule has 0 saturated carbocycles. The maximum Gasteiger partial charge on any atom is 0.200 e. The predicted octanol–water partition coefficient (Wildman–Crippen LogP) is 5.80. The van der Waals surface area contributed by atoms with E-state index < -0.39 is 22.8 Å². The summed E-state index contributed by atoms with van der Waals surface area (Å²) in [4.78, 5) is 37.8. The highest BCUT2D eigenvalue weighted by molar-refractivity contribution is 5.99. The minimum atomic E-state index is -0.708. The Morgan fingerprint density at radius 2 is 1.74 bits per heavy atom. The van der Waals surface area contributed by atoms with Crippen LogP contribution >= 0.6 is 0 Å². The molecule has 190 valence electrons. The molecule has 0 spiro atoms. The Bertz CT molecular complexity index is 1770. The summed E-state index contributed by atoms with van der Waals surface area (Å²) in [6, 6.07) is 12.5. The second kappa shape index (κ2) is 9.85. The van der Waals surface area contributed by atoms with Crippen molar-refractivity contribution in [1.29, 1.82) is 0 Å². The molecule has 0 unspecified atom stereocenters. The van der Waals surface area contributed by atoms with E-state index in [4.69, 9.17) is 4.74 Å². The minimum absolute atomic E-state index is 0.0340. The van der Waals surface area contributed by atoms with E-state index in [1.165, 1.54) is 67.0 Å². The third kappa shape index (κ3) is 4.73. The number of benzene rings is 2. The number of halogens is 2. The van der Waals surface area contributed by atoms with E-state index in [-0.39, 0.29) is 34.8 Å². The SMILES string of the molecule is Cc1[nH]c(C)c(-c2ccc(F)cc2)c(=O)c1C(=O)Cc1ccc(Oc2ccnc3cc(O)cnc23)c(F)c1. The lowest BCUT2D eigenvalue weighted by atomic mass is 9.95. The summed E-state index contributed by atoms with van der Waals surface area (Å²) in [5, 5.41) is 9.60. The Balaban J connectivity index is 1.42. The molecule has 5 aromatic rings. The van der Waals surface area contributed by atoms with Gasteiger partial charge in [-0.25, -0.2) is 13.8 Å². The zero-order valence-corrected chi connectivity index (χ0v) is 20.4. The number of pyridine rings is 3. The molecular formula is C29H21F2N3O4. The van der Waals surface area contributed by atoms with Crippen LogP contribution in [0.4, 0.5) is 8.78 Å². The first-order valence-electron chi connectivity index (χ1n) is 11.6. The van der Waals surface area contributed by atoms with Crippen LogP contribution in [0.3, 0.4) is 0 Å². The van der Waals surface area contributed by atoms with E-state index in [0.29, 0.717) is 33.5 Å². The Kier molecular flexibility index (Phi) is 6.42. The molecule has 0 aliphatic carbocycles. The molecule has 0 atom stereocenters. The number of nitrogens with one attached hydrogen (secondary N) is 1. The number of rotatable bonds is 6. The van der Waals surface area contributed by atoms with Gasteiger partial charge in [0.25, 0.3) is 0 Å². The molecule has 3 heterocycles.